The Hall–Kier alpha value is -6.45. The van der Waals surface area contributed by atoms with E-state index in [1.807, 2.05) is 12.3 Å². The highest BCUT2D eigenvalue weighted by molar-refractivity contribution is 5.97. The second-order valence-corrected chi connectivity index (χ2v) is 13.4. The highest BCUT2D eigenvalue weighted by Crippen LogP contribution is 2.35. The van der Waals surface area contributed by atoms with Crippen LogP contribution in [0.3, 0.4) is 0 Å². The van der Waals surface area contributed by atoms with Gasteiger partial charge in [-0.05, 0) is 79.8 Å². The third kappa shape index (κ3) is 6.04. The van der Waals surface area contributed by atoms with Gasteiger partial charge in [-0.1, -0.05) is 159 Å². The molecule has 8 aromatic rings. The van der Waals surface area contributed by atoms with Crippen molar-refractivity contribution in [2.24, 2.45) is 5.92 Å². The number of pyridine rings is 1. The van der Waals surface area contributed by atoms with Crippen LogP contribution in [-0.4, -0.2) is 15.0 Å². The number of hydrogen-bond donors (Lipinski definition) is 0. The lowest BCUT2D eigenvalue weighted by Gasteiger charge is -2.19. The molecule has 3 heteroatoms. The quantitative estimate of drug-likeness (QED) is 0.179. The number of rotatable bonds is 6. The van der Waals surface area contributed by atoms with Gasteiger partial charge in [-0.15, -0.1) is 0 Å². The van der Waals surface area contributed by atoms with Gasteiger partial charge in [0, 0.05) is 29.1 Å². The third-order valence-electron chi connectivity index (χ3n) is 9.97. The summed E-state index contributed by atoms with van der Waals surface area (Å²) in [6.45, 7) is 2.28. The summed E-state index contributed by atoms with van der Waals surface area (Å²) in [5.41, 5.74) is 14.6. The molecular weight excluding hydrogens is 619 g/mol. The molecule has 1 aliphatic carbocycles. The number of aromatic nitrogens is 3. The maximum Gasteiger partial charge on any atom is 0.160 e. The van der Waals surface area contributed by atoms with Crippen molar-refractivity contribution in [1.29, 1.82) is 0 Å². The van der Waals surface area contributed by atoms with Crippen molar-refractivity contribution in [2.45, 2.75) is 13.3 Å². The second-order valence-electron chi connectivity index (χ2n) is 13.4. The Labute approximate surface area is 298 Å². The molecular formula is C48H35N3. The molecule has 0 saturated carbocycles. The Balaban J connectivity index is 1.11. The molecule has 1 aliphatic rings. The molecule has 0 spiro atoms. The van der Waals surface area contributed by atoms with Gasteiger partial charge in [-0.25, -0.2) is 9.97 Å². The standard InChI is InChI=1S/C48H35N3/c1-32-14-27-45-40(29-32)9-5-13-44(45)36-19-25-39(26-20-36)48-50-46(37-21-15-33(16-22-37)41-10-6-28-49-31-41)30-47(51-48)38-23-17-35(18-24-38)43-12-4-8-34-7-2-3-11-42(34)43/h2-28,30-32H,29H2,1H3. The molecule has 242 valence electrons. The van der Waals surface area contributed by atoms with Crippen molar-refractivity contribution in [2.75, 3.05) is 0 Å². The van der Waals surface area contributed by atoms with E-state index in [-0.39, 0.29) is 0 Å². The Morgan fingerprint density at radius 1 is 0.510 bits per heavy atom. The highest BCUT2D eigenvalue weighted by atomic mass is 14.9. The van der Waals surface area contributed by atoms with Crippen LogP contribution in [0.4, 0.5) is 0 Å². The summed E-state index contributed by atoms with van der Waals surface area (Å²) in [6, 6.07) is 53.9. The van der Waals surface area contributed by atoms with Crippen LogP contribution in [0.15, 0.2) is 170 Å². The lowest BCUT2D eigenvalue weighted by Crippen LogP contribution is -2.04. The number of nitrogens with zero attached hydrogens (tertiary/aromatic N) is 3. The van der Waals surface area contributed by atoms with E-state index in [9.17, 15) is 0 Å². The second kappa shape index (κ2) is 13.1. The van der Waals surface area contributed by atoms with E-state index < -0.39 is 0 Å². The topological polar surface area (TPSA) is 38.7 Å². The number of fused-ring (bicyclic) bond motifs is 2. The summed E-state index contributed by atoms with van der Waals surface area (Å²) >= 11 is 0. The predicted octanol–water partition coefficient (Wildman–Crippen LogP) is 12.2. The highest BCUT2D eigenvalue weighted by Gasteiger charge is 2.16. The molecule has 51 heavy (non-hydrogen) atoms. The van der Waals surface area contributed by atoms with Gasteiger partial charge in [-0.3, -0.25) is 4.98 Å². The van der Waals surface area contributed by atoms with Crippen molar-refractivity contribution in [3.63, 3.8) is 0 Å². The summed E-state index contributed by atoms with van der Waals surface area (Å²) < 4.78 is 0. The first-order valence-electron chi connectivity index (χ1n) is 17.6. The normalized spacial score (nSPS) is 13.6. The monoisotopic (exact) mass is 653 g/mol. The Kier molecular flexibility index (Phi) is 7.87. The van der Waals surface area contributed by atoms with Crippen LogP contribution < -0.4 is 0 Å². The molecule has 1 atom stereocenters. The minimum absolute atomic E-state index is 0.565. The van der Waals surface area contributed by atoms with Gasteiger partial charge < -0.3 is 0 Å². The number of benzene rings is 6. The Morgan fingerprint density at radius 3 is 1.84 bits per heavy atom. The number of allylic oxidation sites excluding steroid dienone is 1. The molecule has 0 aliphatic heterocycles. The van der Waals surface area contributed by atoms with Crippen LogP contribution in [0.5, 0.6) is 0 Å². The molecule has 2 heterocycles. The van der Waals surface area contributed by atoms with Crippen molar-refractivity contribution in [3.8, 4) is 67.3 Å². The molecule has 0 N–H and O–H groups in total. The molecule has 2 aromatic heterocycles. The summed E-state index contributed by atoms with van der Waals surface area (Å²) in [7, 11) is 0. The smallest absolute Gasteiger partial charge is 0.160 e. The summed E-state index contributed by atoms with van der Waals surface area (Å²) in [4.78, 5) is 14.6. The minimum atomic E-state index is 0.565. The molecule has 0 saturated heterocycles. The summed E-state index contributed by atoms with van der Waals surface area (Å²) in [6.07, 6.45) is 9.38. The molecule has 3 nitrogen and oxygen atoms in total. The zero-order chi connectivity index (χ0) is 34.1. The van der Waals surface area contributed by atoms with Crippen LogP contribution in [0.1, 0.15) is 18.1 Å². The average Bonchev–Trinajstić information content (AvgIpc) is 3.20. The zero-order valence-electron chi connectivity index (χ0n) is 28.4. The predicted molar refractivity (Wildman–Crippen MR) is 212 cm³/mol. The van der Waals surface area contributed by atoms with Gasteiger partial charge >= 0.3 is 0 Å². The molecule has 1 unspecified atom stereocenters. The van der Waals surface area contributed by atoms with Crippen LogP contribution >= 0.6 is 0 Å². The van der Waals surface area contributed by atoms with Gasteiger partial charge in [0.25, 0.3) is 0 Å². The van der Waals surface area contributed by atoms with Gasteiger partial charge in [0.1, 0.15) is 0 Å². The fourth-order valence-electron chi connectivity index (χ4n) is 7.25. The molecule has 0 fully saturated rings. The van der Waals surface area contributed by atoms with E-state index in [2.05, 4.69) is 170 Å². The maximum atomic E-state index is 5.17. The third-order valence-corrected chi connectivity index (χ3v) is 9.97. The lowest BCUT2D eigenvalue weighted by molar-refractivity contribution is 0.717. The molecule has 0 amide bonds. The molecule has 0 radical (unpaired) electrons. The van der Waals surface area contributed by atoms with Crippen LogP contribution in [-0.2, 0) is 6.42 Å². The van der Waals surface area contributed by atoms with E-state index >= 15 is 0 Å². The van der Waals surface area contributed by atoms with Crippen molar-refractivity contribution in [3.05, 3.63) is 181 Å². The van der Waals surface area contributed by atoms with E-state index in [0.29, 0.717) is 11.7 Å². The fraction of sp³-hybridized carbons (Fsp3) is 0.0625. The summed E-state index contributed by atoms with van der Waals surface area (Å²) in [5.74, 6) is 1.27. The fourth-order valence-corrected chi connectivity index (χ4v) is 7.25. The molecule has 9 rings (SSSR count). The van der Waals surface area contributed by atoms with E-state index in [1.165, 1.54) is 44.2 Å². The van der Waals surface area contributed by atoms with Crippen molar-refractivity contribution >= 4 is 16.8 Å². The first-order valence-corrected chi connectivity index (χ1v) is 17.6. The van der Waals surface area contributed by atoms with Gasteiger partial charge in [-0.2, -0.15) is 0 Å². The first-order chi connectivity index (χ1) is 25.2. The van der Waals surface area contributed by atoms with E-state index in [0.717, 1.165) is 45.6 Å². The van der Waals surface area contributed by atoms with Crippen LogP contribution in [0, 0.1) is 5.92 Å². The Bertz CT molecular complexity index is 2530. The van der Waals surface area contributed by atoms with E-state index in [1.54, 1.807) is 6.20 Å². The SMILES string of the molecule is CC1C=Cc2c(cccc2-c2ccc(-c3nc(-c4ccc(-c5cccnc5)cc4)cc(-c4ccc(-c5cccc6ccccc56)cc4)n3)cc2)C1. The van der Waals surface area contributed by atoms with Gasteiger partial charge in [0.2, 0.25) is 0 Å². The average molecular weight is 654 g/mol. The minimum Gasteiger partial charge on any atom is -0.264 e. The molecule has 6 aromatic carbocycles. The largest absolute Gasteiger partial charge is 0.264 e. The first kappa shape index (κ1) is 30.6. The van der Waals surface area contributed by atoms with Crippen LogP contribution in [0.25, 0.3) is 84.1 Å². The Morgan fingerprint density at radius 2 is 1.12 bits per heavy atom. The van der Waals surface area contributed by atoms with Crippen molar-refractivity contribution < 1.29 is 0 Å². The molecule has 0 bridgehead atoms. The summed E-state index contributed by atoms with van der Waals surface area (Å²) in [5, 5.41) is 2.49. The van der Waals surface area contributed by atoms with Gasteiger partial charge in [0.15, 0.2) is 5.82 Å². The van der Waals surface area contributed by atoms with Crippen molar-refractivity contribution in [1.82, 2.24) is 15.0 Å². The number of hydrogen-bond acceptors (Lipinski definition) is 3. The maximum absolute atomic E-state index is 5.17. The lowest BCUT2D eigenvalue weighted by atomic mass is 9.86. The zero-order valence-corrected chi connectivity index (χ0v) is 28.4. The van der Waals surface area contributed by atoms with E-state index in [4.69, 9.17) is 9.97 Å². The van der Waals surface area contributed by atoms with Gasteiger partial charge in [0.05, 0.1) is 11.4 Å². The van der Waals surface area contributed by atoms with Crippen LogP contribution in [0.2, 0.25) is 0 Å².